The highest BCUT2D eigenvalue weighted by atomic mass is 16.5. The summed E-state index contributed by atoms with van der Waals surface area (Å²) in [5, 5.41) is 16.3. The number of aliphatic carboxylic acids is 1. The van der Waals surface area contributed by atoms with Gasteiger partial charge in [-0.1, -0.05) is 37.3 Å². The highest BCUT2D eigenvalue weighted by molar-refractivity contribution is 6.39. The molecule has 0 saturated carbocycles. The summed E-state index contributed by atoms with van der Waals surface area (Å²) >= 11 is 0. The average molecular weight is 249 g/mol. The molecule has 0 spiro atoms. The van der Waals surface area contributed by atoms with Crippen LogP contribution in [0.5, 0.6) is 0 Å². The van der Waals surface area contributed by atoms with Gasteiger partial charge in [-0.05, 0) is 12.0 Å². The van der Waals surface area contributed by atoms with Crippen LogP contribution in [0, 0.1) is 11.3 Å². The van der Waals surface area contributed by atoms with Crippen LogP contribution in [0.2, 0.25) is 0 Å². The Bertz CT molecular complexity index is 442. The van der Waals surface area contributed by atoms with Crippen LogP contribution in [0.25, 0.3) is 0 Å². The molecular weight excluding hydrogens is 234 g/mol. The molecule has 5 nitrogen and oxygen atoms in total. The fraction of sp³-hybridized carbons (Fsp3) is 0.308. The van der Waals surface area contributed by atoms with Crippen molar-refractivity contribution in [3.63, 3.8) is 0 Å². The number of benzene rings is 1. The smallest absolute Gasteiger partial charge is 0.353 e. The van der Waals surface area contributed by atoms with Crippen molar-refractivity contribution >= 4 is 17.7 Å². The molecule has 5 heteroatoms. The van der Waals surface area contributed by atoms with E-state index in [2.05, 4.69) is 0 Å². The Labute approximate surface area is 105 Å². The molecule has 0 aliphatic carbocycles. The molecule has 1 rings (SSSR count). The quantitative estimate of drug-likeness (QED) is 0.595. The van der Waals surface area contributed by atoms with Gasteiger partial charge in [0.15, 0.2) is 0 Å². The number of carbonyl (C=O) groups is 2. The Morgan fingerprint density at radius 1 is 1.33 bits per heavy atom. The maximum absolute atomic E-state index is 11.5. The van der Waals surface area contributed by atoms with Crippen molar-refractivity contribution in [2.24, 2.45) is 5.92 Å². The standard InChI is InChI=1S/C13H15NO4/c1-2-10(12(15)16)11(14)13(17)18-8-9-6-4-3-5-7-9/h3-7,10,14H,2,8H2,1H3,(H,15,16)/t10-/m1/s1. The van der Waals surface area contributed by atoms with Crippen molar-refractivity contribution in [3.8, 4) is 0 Å². The first-order valence-electron chi connectivity index (χ1n) is 5.58. The van der Waals surface area contributed by atoms with Crippen LogP contribution in [-0.4, -0.2) is 22.8 Å². The number of ether oxygens (including phenoxy) is 1. The molecule has 0 unspecified atom stereocenters. The highest BCUT2D eigenvalue weighted by Gasteiger charge is 2.27. The fourth-order valence-electron chi connectivity index (χ4n) is 1.45. The van der Waals surface area contributed by atoms with Gasteiger partial charge >= 0.3 is 11.9 Å². The number of hydrogen-bond donors (Lipinski definition) is 2. The van der Waals surface area contributed by atoms with Crippen molar-refractivity contribution < 1.29 is 19.4 Å². The number of esters is 1. The van der Waals surface area contributed by atoms with Crippen LogP contribution in [0.4, 0.5) is 0 Å². The van der Waals surface area contributed by atoms with Gasteiger partial charge < -0.3 is 9.84 Å². The fourth-order valence-corrected chi connectivity index (χ4v) is 1.45. The Morgan fingerprint density at radius 2 is 1.94 bits per heavy atom. The maximum atomic E-state index is 11.5. The molecule has 0 heterocycles. The lowest BCUT2D eigenvalue weighted by Crippen LogP contribution is -2.30. The molecule has 0 saturated heterocycles. The zero-order valence-electron chi connectivity index (χ0n) is 10.1. The number of carboxylic acid groups (broad SMARTS) is 1. The topological polar surface area (TPSA) is 87.5 Å². The summed E-state index contributed by atoms with van der Waals surface area (Å²) in [6.45, 7) is 1.65. The summed E-state index contributed by atoms with van der Waals surface area (Å²) in [4.78, 5) is 22.3. The largest absolute Gasteiger partial charge is 0.481 e. The number of carbonyl (C=O) groups excluding carboxylic acids is 1. The van der Waals surface area contributed by atoms with E-state index in [1.54, 1.807) is 31.2 Å². The highest BCUT2D eigenvalue weighted by Crippen LogP contribution is 2.08. The average Bonchev–Trinajstić information content (AvgIpc) is 2.37. The Morgan fingerprint density at radius 3 is 2.44 bits per heavy atom. The monoisotopic (exact) mass is 249 g/mol. The molecule has 0 radical (unpaired) electrons. The van der Waals surface area contributed by atoms with Crippen molar-refractivity contribution in [1.82, 2.24) is 0 Å². The molecular formula is C13H15NO4. The molecule has 96 valence electrons. The third kappa shape index (κ3) is 3.69. The predicted molar refractivity (Wildman–Crippen MR) is 65.4 cm³/mol. The normalized spacial score (nSPS) is 11.6. The van der Waals surface area contributed by atoms with Crippen LogP contribution >= 0.6 is 0 Å². The van der Waals surface area contributed by atoms with E-state index in [0.29, 0.717) is 0 Å². The summed E-state index contributed by atoms with van der Waals surface area (Å²) in [6.07, 6.45) is 0.189. The van der Waals surface area contributed by atoms with Gasteiger partial charge in [0, 0.05) is 0 Å². The number of carboxylic acids is 1. The third-order valence-electron chi connectivity index (χ3n) is 2.49. The molecule has 0 bridgehead atoms. The van der Waals surface area contributed by atoms with Gasteiger partial charge in [0.05, 0.1) is 0 Å². The lowest BCUT2D eigenvalue weighted by atomic mass is 10.0. The van der Waals surface area contributed by atoms with E-state index in [1.165, 1.54) is 0 Å². The third-order valence-corrected chi connectivity index (χ3v) is 2.49. The minimum atomic E-state index is -1.18. The summed E-state index contributed by atoms with van der Waals surface area (Å²) in [5.41, 5.74) is 0.281. The van der Waals surface area contributed by atoms with E-state index in [-0.39, 0.29) is 13.0 Å². The lowest BCUT2D eigenvalue weighted by Gasteiger charge is -2.11. The second-order valence-corrected chi connectivity index (χ2v) is 3.77. The number of hydrogen-bond acceptors (Lipinski definition) is 4. The molecule has 1 aromatic rings. The Kier molecular flexibility index (Phi) is 5.05. The maximum Gasteiger partial charge on any atom is 0.353 e. The first-order valence-corrected chi connectivity index (χ1v) is 5.58. The second kappa shape index (κ2) is 6.54. The van der Waals surface area contributed by atoms with E-state index in [0.717, 1.165) is 5.56 Å². The molecule has 0 aromatic heterocycles. The minimum absolute atomic E-state index is 0.0398. The van der Waals surface area contributed by atoms with Gasteiger partial charge in [0.1, 0.15) is 18.2 Å². The molecule has 0 aliphatic rings. The Hall–Kier alpha value is -2.17. The zero-order valence-corrected chi connectivity index (χ0v) is 10.1. The van der Waals surface area contributed by atoms with Gasteiger partial charge in [0.2, 0.25) is 0 Å². The van der Waals surface area contributed by atoms with Crippen molar-refractivity contribution in [3.05, 3.63) is 35.9 Å². The molecule has 1 atom stereocenters. The second-order valence-electron chi connectivity index (χ2n) is 3.77. The minimum Gasteiger partial charge on any atom is -0.481 e. The van der Waals surface area contributed by atoms with Crippen LogP contribution in [0.15, 0.2) is 30.3 Å². The summed E-state index contributed by atoms with van der Waals surface area (Å²) in [6, 6.07) is 9.02. The SMILES string of the molecule is CC[C@H](C(=N)C(=O)OCc1ccccc1)C(=O)O. The molecule has 18 heavy (non-hydrogen) atoms. The molecule has 0 aliphatic heterocycles. The van der Waals surface area contributed by atoms with Gasteiger partial charge in [-0.15, -0.1) is 0 Å². The summed E-state index contributed by atoms with van der Waals surface area (Å²) in [7, 11) is 0. The molecule has 0 fully saturated rings. The van der Waals surface area contributed by atoms with Gasteiger partial charge in [-0.3, -0.25) is 10.2 Å². The number of nitrogens with one attached hydrogen (secondary N) is 1. The van der Waals surface area contributed by atoms with E-state index >= 15 is 0 Å². The predicted octanol–water partition coefficient (Wildman–Crippen LogP) is 1.86. The number of rotatable bonds is 6. The van der Waals surface area contributed by atoms with Crippen LogP contribution in [-0.2, 0) is 20.9 Å². The van der Waals surface area contributed by atoms with Crippen molar-refractivity contribution in [1.29, 1.82) is 5.41 Å². The van der Waals surface area contributed by atoms with Crippen LogP contribution in [0.3, 0.4) is 0 Å². The van der Waals surface area contributed by atoms with Crippen LogP contribution in [0.1, 0.15) is 18.9 Å². The lowest BCUT2D eigenvalue weighted by molar-refractivity contribution is -0.142. The summed E-state index contributed by atoms with van der Waals surface area (Å²) < 4.78 is 4.90. The molecule has 2 N–H and O–H groups in total. The van der Waals surface area contributed by atoms with Gasteiger partial charge in [-0.25, -0.2) is 4.79 Å². The van der Waals surface area contributed by atoms with E-state index < -0.39 is 23.6 Å². The van der Waals surface area contributed by atoms with E-state index in [9.17, 15) is 9.59 Å². The summed E-state index contributed by atoms with van der Waals surface area (Å²) in [5.74, 6) is -3.17. The van der Waals surface area contributed by atoms with E-state index in [4.69, 9.17) is 15.3 Å². The van der Waals surface area contributed by atoms with Crippen molar-refractivity contribution in [2.75, 3.05) is 0 Å². The zero-order chi connectivity index (χ0) is 13.5. The first kappa shape index (κ1) is 13.9. The van der Waals surface area contributed by atoms with Gasteiger partial charge in [0.25, 0.3) is 0 Å². The van der Waals surface area contributed by atoms with E-state index in [1.807, 2.05) is 6.07 Å². The molecule has 1 aromatic carbocycles. The van der Waals surface area contributed by atoms with Crippen LogP contribution < -0.4 is 0 Å². The van der Waals surface area contributed by atoms with Crippen molar-refractivity contribution in [2.45, 2.75) is 20.0 Å². The molecule has 0 amide bonds. The Balaban J connectivity index is 2.55. The van der Waals surface area contributed by atoms with Gasteiger partial charge in [-0.2, -0.15) is 0 Å². The first-order chi connectivity index (χ1) is 8.56.